The van der Waals surface area contributed by atoms with Gasteiger partial charge in [-0.05, 0) is 44.4 Å². The topological polar surface area (TPSA) is 17.1 Å². The molecule has 0 saturated heterocycles. The van der Waals surface area contributed by atoms with Crippen LogP contribution >= 0.6 is 0 Å². The Balaban J connectivity index is 3.29. The van der Waals surface area contributed by atoms with Crippen molar-refractivity contribution in [2.75, 3.05) is 0 Å². The quantitative estimate of drug-likeness (QED) is 0.154. The first-order chi connectivity index (χ1) is 11.2. The highest BCUT2D eigenvalue weighted by atomic mass is 16.1. The smallest absolute Gasteiger partial charge is 0.123 e. The van der Waals surface area contributed by atoms with E-state index >= 15 is 0 Å². The standard InChI is InChI=1S/C22H42O/c1-4-5-6-7-8-9-10-11-12-13-14-15-16-17-18-22(20-23)19-21(2)3/h11-12,20-22H,4-10,13-19H2,1-3H3/b12-11-. The van der Waals surface area contributed by atoms with Gasteiger partial charge in [0.15, 0.2) is 0 Å². The Labute approximate surface area is 146 Å². The minimum absolute atomic E-state index is 0.298. The molecule has 0 heterocycles. The van der Waals surface area contributed by atoms with Crippen LogP contribution in [0.15, 0.2) is 12.2 Å². The maximum Gasteiger partial charge on any atom is 0.123 e. The zero-order valence-electron chi connectivity index (χ0n) is 16.2. The molecule has 1 atom stereocenters. The lowest BCUT2D eigenvalue weighted by Gasteiger charge is -2.12. The largest absolute Gasteiger partial charge is 0.303 e. The van der Waals surface area contributed by atoms with Crippen molar-refractivity contribution in [3.63, 3.8) is 0 Å². The molecule has 23 heavy (non-hydrogen) atoms. The number of hydrogen-bond acceptors (Lipinski definition) is 1. The summed E-state index contributed by atoms with van der Waals surface area (Å²) in [4.78, 5) is 11.0. The number of allylic oxidation sites excluding steroid dienone is 2. The molecular formula is C22H42O. The highest BCUT2D eigenvalue weighted by molar-refractivity contribution is 5.53. The van der Waals surface area contributed by atoms with Crippen LogP contribution in [-0.4, -0.2) is 6.29 Å². The molecule has 1 unspecified atom stereocenters. The van der Waals surface area contributed by atoms with Gasteiger partial charge in [-0.25, -0.2) is 0 Å². The Morgan fingerprint density at radius 1 is 0.739 bits per heavy atom. The van der Waals surface area contributed by atoms with Gasteiger partial charge in [0.25, 0.3) is 0 Å². The van der Waals surface area contributed by atoms with E-state index in [-0.39, 0.29) is 0 Å². The van der Waals surface area contributed by atoms with E-state index < -0.39 is 0 Å². The maximum atomic E-state index is 11.0. The molecule has 0 aromatic heterocycles. The van der Waals surface area contributed by atoms with E-state index in [1.807, 2.05) is 0 Å². The van der Waals surface area contributed by atoms with Crippen LogP contribution in [0, 0.1) is 11.8 Å². The van der Waals surface area contributed by atoms with E-state index in [1.165, 1.54) is 83.3 Å². The second kappa shape index (κ2) is 17.8. The summed E-state index contributed by atoms with van der Waals surface area (Å²) in [7, 11) is 0. The first-order valence-electron chi connectivity index (χ1n) is 10.3. The molecule has 0 aromatic rings. The van der Waals surface area contributed by atoms with Crippen molar-refractivity contribution >= 4 is 6.29 Å². The third kappa shape index (κ3) is 17.6. The first-order valence-corrected chi connectivity index (χ1v) is 10.3. The summed E-state index contributed by atoms with van der Waals surface area (Å²) < 4.78 is 0. The van der Waals surface area contributed by atoms with E-state index in [0.717, 1.165) is 12.8 Å². The van der Waals surface area contributed by atoms with Crippen LogP contribution in [0.5, 0.6) is 0 Å². The molecule has 0 aliphatic heterocycles. The predicted molar refractivity (Wildman–Crippen MR) is 104 cm³/mol. The molecule has 136 valence electrons. The minimum Gasteiger partial charge on any atom is -0.303 e. The third-order valence-corrected chi connectivity index (χ3v) is 4.55. The average Bonchev–Trinajstić information content (AvgIpc) is 2.53. The summed E-state index contributed by atoms with van der Waals surface area (Å²) in [6, 6.07) is 0. The van der Waals surface area contributed by atoms with E-state index in [4.69, 9.17) is 0 Å². The van der Waals surface area contributed by atoms with Crippen molar-refractivity contribution < 1.29 is 4.79 Å². The first kappa shape index (κ1) is 22.4. The predicted octanol–water partition coefficient (Wildman–Crippen LogP) is 7.50. The molecule has 0 aromatic carbocycles. The summed E-state index contributed by atoms with van der Waals surface area (Å²) in [5, 5.41) is 0. The Hall–Kier alpha value is -0.590. The van der Waals surface area contributed by atoms with Gasteiger partial charge in [-0.15, -0.1) is 0 Å². The van der Waals surface area contributed by atoms with E-state index in [0.29, 0.717) is 11.8 Å². The van der Waals surface area contributed by atoms with Gasteiger partial charge in [-0.1, -0.05) is 84.3 Å². The van der Waals surface area contributed by atoms with Gasteiger partial charge in [0.1, 0.15) is 6.29 Å². The van der Waals surface area contributed by atoms with Crippen molar-refractivity contribution in [3.05, 3.63) is 12.2 Å². The fraction of sp³-hybridized carbons (Fsp3) is 0.864. The Bertz CT molecular complexity index is 267. The van der Waals surface area contributed by atoms with Gasteiger partial charge in [0.05, 0.1) is 0 Å². The summed E-state index contributed by atoms with van der Waals surface area (Å²) in [6.07, 6.45) is 24.1. The monoisotopic (exact) mass is 322 g/mol. The molecule has 0 radical (unpaired) electrons. The normalized spacial score (nSPS) is 13.0. The lowest BCUT2D eigenvalue weighted by atomic mass is 9.93. The highest BCUT2D eigenvalue weighted by Crippen LogP contribution is 2.17. The summed E-state index contributed by atoms with van der Waals surface area (Å²) in [5.74, 6) is 0.939. The SMILES string of the molecule is CCCCCCCC/C=C\CCCCCCC(C=O)CC(C)C. The highest BCUT2D eigenvalue weighted by Gasteiger charge is 2.08. The molecule has 0 rings (SSSR count). The molecule has 0 N–H and O–H groups in total. The average molecular weight is 323 g/mol. The third-order valence-electron chi connectivity index (χ3n) is 4.55. The number of aldehydes is 1. The second-order valence-corrected chi connectivity index (χ2v) is 7.55. The van der Waals surface area contributed by atoms with Crippen LogP contribution in [0.3, 0.4) is 0 Å². The zero-order chi connectivity index (χ0) is 17.2. The number of carbonyl (C=O) groups excluding carboxylic acids is 1. The second-order valence-electron chi connectivity index (χ2n) is 7.55. The van der Waals surface area contributed by atoms with Crippen LogP contribution in [0.1, 0.15) is 111 Å². The van der Waals surface area contributed by atoms with E-state index in [1.54, 1.807) is 0 Å². The Morgan fingerprint density at radius 3 is 1.78 bits per heavy atom. The van der Waals surface area contributed by atoms with Crippen molar-refractivity contribution in [1.29, 1.82) is 0 Å². The summed E-state index contributed by atoms with van der Waals surface area (Å²) >= 11 is 0. The maximum absolute atomic E-state index is 11.0. The fourth-order valence-electron chi connectivity index (χ4n) is 3.15. The molecule has 0 fully saturated rings. The van der Waals surface area contributed by atoms with Gasteiger partial charge in [-0.3, -0.25) is 0 Å². The summed E-state index contributed by atoms with van der Waals surface area (Å²) in [6.45, 7) is 6.68. The molecule has 0 aliphatic carbocycles. The van der Waals surface area contributed by atoms with Crippen molar-refractivity contribution in [2.45, 2.75) is 111 Å². The molecule has 1 nitrogen and oxygen atoms in total. The summed E-state index contributed by atoms with van der Waals surface area (Å²) in [5.41, 5.74) is 0. The lowest BCUT2D eigenvalue weighted by Crippen LogP contribution is -2.05. The number of unbranched alkanes of at least 4 members (excludes halogenated alkanes) is 10. The number of rotatable bonds is 17. The molecular weight excluding hydrogens is 280 g/mol. The lowest BCUT2D eigenvalue weighted by molar-refractivity contribution is -0.111. The van der Waals surface area contributed by atoms with Crippen LogP contribution in [0.2, 0.25) is 0 Å². The van der Waals surface area contributed by atoms with Gasteiger partial charge < -0.3 is 4.79 Å². The zero-order valence-corrected chi connectivity index (χ0v) is 16.2. The minimum atomic E-state index is 0.298. The molecule has 0 spiro atoms. The van der Waals surface area contributed by atoms with Crippen molar-refractivity contribution in [3.8, 4) is 0 Å². The fourth-order valence-corrected chi connectivity index (χ4v) is 3.15. The van der Waals surface area contributed by atoms with Crippen LogP contribution in [-0.2, 0) is 4.79 Å². The van der Waals surface area contributed by atoms with Gasteiger partial charge in [0.2, 0.25) is 0 Å². The van der Waals surface area contributed by atoms with Gasteiger partial charge in [-0.2, -0.15) is 0 Å². The van der Waals surface area contributed by atoms with Crippen LogP contribution in [0.25, 0.3) is 0 Å². The molecule has 0 saturated carbocycles. The van der Waals surface area contributed by atoms with Crippen molar-refractivity contribution in [1.82, 2.24) is 0 Å². The molecule has 1 heteroatoms. The van der Waals surface area contributed by atoms with Crippen molar-refractivity contribution in [2.24, 2.45) is 11.8 Å². The van der Waals surface area contributed by atoms with E-state index in [2.05, 4.69) is 32.9 Å². The number of hydrogen-bond donors (Lipinski definition) is 0. The van der Waals surface area contributed by atoms with Gasteiger partial charge >= 0.3 is 0 Å². The Kier molecular flexibility index (Phi) is 17.3. The molecule has 0 amide bonds. The van der Waals surface area contributed by atoms with Crippen LogP contribution in [0.4, 0.5) is 0 Å². The van der Waals surface area contributed by atoms with Crippen LogP contribution < -0.4 is 0 Å². The Morgan fingerprint density at radius 2 is 1.26 bits per heavy atom. The van der Waals surface area contributed by atoms with E-state index in [9.17, 15) is 4.79 Å². The number of carbonyl (C=O) groups is 1. The molecule has 0 bridgehead atoms. The van der Waals surface area contributed by atoms with Gasteiger partial charge in [0, 0.05) is 5.92 Å². The molecule has 0 aliphatic rings.